The summed E-state index contributed by atoms with van der Waals surface area (Å²) in [5.74, 6) is -0.727. The van der Waals surface area contributed by atoms with Crippen molar-refractivity contribution in [2.24, 2.45) is 0 Å². The topological polar surface area (TPSA) is 99.0 Å². The van der Waals surface area contributed by atoms with Gasteiger partial charge in [0.2, 0.25) is 0 Å². The van der Waals surface area contributed by atoms with Gasteiger partial charge in [0.25, 0.3) is 0 Å². The minimum absolute atomic E-state index is 0.0412. The highest BCUT2D eigenvalue weighted by Crippen LogP contribution is 2.26. The number of carbonyl (C=O) groups is 1. The van der Waals surface area contributed by atoms with Gasteiger partial charge in [-0.05, 0) is 55.8 Å². The number of phenols is 3. The zero-order valence-corrected chi connectivity index (χ0v) is 16.3. The Hall–Kier alpha value is -3.67. The zero-order valence-electron chi connectivity index (χ0n) is 16.3. The van der Waals surface area contributed by atoms with Gasteiger partial charge in [0.05, 0.1) is 0 Å². The first-order valence-electron chi connectivity index (χ1n) is 9.14. The van der Waals surface area contributed by atoms with Crippen LogP contribution in [0.15, 0.2) is 54.6 Å². The summed E-state index contributed by atoms with van der Waals surface area (Å²) < 4.78 is 5.36. The molecule has 0 aliphatic heterocycles. The van der Waals surface area contributed by atoms with Crippen molar-refractivity contribution in [1.29, 1.82) is 0 Å². The number of hydrogen-bond donors (Lipinski definition) is 4. The first-order valence-corrected chi connectivity index (χ1v) is 9.14. The normalized spacial score (nSPS) is 10.6. The Labute approximate surface area is 169 Å². The fourth-order valence-corrected chi connectivity index (χ4v) is 3.10. The molecule has 0 radical (unpaired) electrons. The van der Waals surface area contributed by atoms with Gasteiger partial charge in [-0.2, -0.15) is 0 Å². The summed E-state index contributed by atoms with van der Waals surface area (Å²) in [6, 6.07) is 14.7. The number of aromatic hydroxyl groups is 3. The van der Waals surface area contributed by atoms with Crippen molar-refractivity contribution in [3.63, 3.8) is 0 Å². The van der Waals surface area contributed by atoms with Gasteiger partial charge >= 0.3 is 5.97 Å². The molecule has 0 saturated carbocycles. The third-order valence-corrected chi connectivity index (χ3v) is 4.41. The zero-order chi connectivity index (χ0) is 21.0. The number of aryl methyl sites for hydroxylation is 2. The molecule has 29 heavy (non-hydrogen) atoms. The molecular weight excluding hydrogens is 370 g/mol. The van der Waals surface area contributed by atoms with Crippen molar-refractivity contribution in [2.45, 2.75) is 27.0 Å². The molecule has 0 atom stereocenters. The van der Waals surface area contributed by atoms with Crippen molar-refractivity contribution < 1.29 is 24.9 Å². The highest BCUT2D eigenvalue weighted by atomic mass is 16.5. The van der Waals surface area contributed by atoms with Crippen LogP contribution in [0.1, 0.15) is 32.6 Å². The summed E-state index contributed by atoms with van der Waals surface area (Å²) in [4.78, 5) is 12.5. The molecule has 0 amide bonds. The van der Waals surface area contributed by atoms with E-state index in [-0.39, 0.29) is 36.0 Å². The summed E-state index contributed by atoms with van der Waals surface area (Å²) in [7, 11) is 0. The Morgan fingerprint density at radius 3 is 2.31 bits per heavy atom. The summed E-state index contributed by atoms with van der Waals surface area (Å²) in [6.07, 6.45) is 0. The van der Waals surface area contributed by atoms with Crippen LogP contribution in [0.5, 0.6) is 17.2 Å². The van der Waals surface area contributed by atoms with Gasteiger partial charge < -0.3 is 25.4 Å². The molecule has 6 heteroatoms. The minimum atomic E-state index is -0.634. The molecule has 4 N–H and O–H groups in total. The molecule has 0 aromatic heterocycles. The van der Waals surface area contributed by atoms with E-state index in [0.717, 1.165) is 16.7 Å². The summed E-state index contributed by atoms with van der Waals surface area (Å²) >= 11 is 0. The highest BCUT2D eigenvalue weighted by molar-refractivity contribution is 5.93. The van der Waals surface area contributed by atoms with E-state index in [4.69, 9.17) is 4.74 Å². The fraction of sp³-hybridized carbons (Fsp3) is 0.174. The molecule has 0 saturated heterocycles. The van der Waals surface area contributed by atoms with E-state index in [2.05, 4.69) is 5.32 Å². The van der Waals surface area contributed by atoms with Crippen molar-refractivity contribution in [1.82, 2.24) is 0 Å². The van der Waals surface area contributed by atoms with Gasteiger partial charge in [0.15, 0.2) is 0 Å². The van der Waals surface area contributed by atoms with Crippen LogP contribution in [0.25, 0.3) is 0 Å². The largest absolute Gasteiger partial charge is 0.508 e. The average Bonchev–Trinajstić information content (AvgIpc) is 2.67. The van der Waals surface area contributed by atoms with Gasteiger partial charge in [-0.25, -0.2) is 4.79 Å². The summed E-state index contributed by atoms with van der Waals surface area (Å²) in [5.41, 5.74) is 4.14. The molecule has 0 aliphatic carbocycles. The van der Waals surface area contributed by atoms with Crippen LogP contribution in [-0.2, 0) is 17.9 Å². The molecule has 0 aliphatic rings. The first kappa shape index (κ1) is 20.1. The number of esters is 1. The van der Waals surface area contributed by atoms with Gasteiger partial charge in [0.1, 0.15) is 29.4 Å². The Bertz CT molecular complexity index is 1030. The Morgan fingerprint density at radius 2 is 1.59 bits per heavy atom. The Morgan fingerprint density at radius 1 is 0.897 bits per heavy atom. The molecule has 0 spiro atoms. The van der Waals surface area contributed by atoms with E-state index < -0.39 is 5.97 Å². The second kappa shape index (κ2) is 8.56. The predicted octanol–water partition coefficient (Wildman–Crippen LogP) is 4.39. The average molecular weight is 393 g/mol. The summed E-state index contributed by atoms with van der Waals surface area (Å²) in [6.45, 7) is 4.28. The minimum Gasteiger partial charge on any atom is -0.508 e. The van der Waals surface area contributed by atoms with Crippen LogP contribution in [0, 0.1) is 13.8 Å². The smallest absolute Gasteiger partial charge is 0.342 e. The van der Waals surface area contributed by atoms with Crippen molar-refractivity contribution in [2.75, 3.05) is 5.32 Å². The van der Waals surface area contributed by atoms with Crippen LogP contribution in [0.2, 0.25) is 0 Å². The summed E-state index contributed by atoms with van der Waals surface area (Å²) in [5, 5.41) is 32.5. The van der Waals surface area contributed by atoms with Crippen LogP contribution in [0.4, 0.5) is 5.69 Å². The van der Waals surface area contributed by atoms with Crippen LogP contribution in [0.3, 0.4) is 0 Å². The number of phenolic OH excluding ortho intramolecular Hbond substituents is 3. The third kappa shape index (κ3) is 5.19. The Kier molecular flexibility index (Phi) is 5.93. The fourth-order valence-electron chi connectivity index (χ4n) is 3.10. The van der Waals surface area contributed by atoms with E-state index in [1.165, 1.54) is 30.3 Å². The number of ether oxygens (including phenoxy) is 1. The third-order valence-electron chi connectivity index (χ3n) is 4.41. The van der Waals surface area contributed by atoms with E-state index >= 15 is 0 Å². The molecule has 3 aromatic rings. The van der Waals surface area contributed by atoms with Crippen LogP contribution < -0.4 is 5.32 Å². The van der Waals surface area contributed by atoms with Gasteiger partial charge in [0, 0.05) is 17.8 Å². The molecular formula is C23H23NO5. The number of benzene rings is 3. The SMILES string of the molecule is Cc1cc(C)cc(COC(=O)c2cc(NCc3cc(O)ccc3O)ccc2O)c1. The lowest BCUT2D eigenvalue weighted by molar-refractivity contribution is 0.0469. The Balaban J connectivity index is 1.69. The molecule has 6 nitrogen and oxygen atoms in total. The lowest BCUT2D eigenvalue weighted by Gasteiger charge is -2.12. The van der Waals surface area contributed by atoms with E-state index in [0.29, 0.717) is 11.3 Å². The second-order valence-corrected chi connectivity index (χ2v) is 6.97. The highest BCUT2D eigenvalue weighted by Gasteiger charge is 2.14. The van der Waals surface area contributed by atoms with Crippen molar-refractivity contribution in [3.05, 3.63) is 82.4 Å². The molecule has 3 rings (SSSR count). The van der Waals surface area contributed by atoms with E-state index in [1.54, 1.807) is 6.07 Å². The van der Waals surface area contributed by atoms with E-state index in [1.807, 2.05) is 32.0 Å². The van der Waals surface area contributed by atoms with Gasteiger partial charge in [-0.1, -0.05) is 29.3 Å². The predicted molar refractivity (Wildman–Crippen MR) is 110 cm³/mol. The number of carbonyl (C=O) groups excluding carboxylic acids is 1. The number of hydrogen-bond acceptors (Lipinski definition) is 6. The molecule has 0 unspecified atom stereocenters. The number of nitrogens with one attached hydrogen (secondary N) is 1. The number of anilines is 1. The quantitative estimate of drug-likeness (QED) is 0.366. The molecule has 150 valence electrons. The standard InChI is InChI=1S/C23H23NO5/c1-14-7-15(2)9-16(8-14)13-29-23(28)20-11-18(3-5-22(20)27)24-12-17-10-19(25)4-6-21(17)26/h3-11,24-27H,12-13H2,1-2H3. The van der Waals surface area contributed by atoms with Crippen molar-refractivity contribution in [3.8, 4) is 17.2 Å². The van der Waals surface area contributed by atoms with Gasteiger partial charge in [-0.3, -0.25) is 0 Å². The lowest BCUT2D eigenvalue weighted by Crippen LogP contribution is -2.07. The van der Waals surface area contributed by atoms with Crippen LogP contribution >= 0.6 is 0 Å². The molecule has 0 bridgehead atoms. The lowest BCUT2D eigenvalue weighted by atomic mass is 10.1. The van der Waals surface area contributed by atoms with Crippen molar-refractivity contribution >= 4 is 11.7 Å². The van der Waals surface area contributed by atoms with Crippen LogP contribution in [-0.4, -0.2) is 21.3 Å². The van der Waals surface area contributed by atoms with Gasteiger partial charge in [-0.15, -0.1) is 0 Å². The maximum absolute atomic E-state index is 12.5. The number of rotatable bonds is 6. The molecule has 3 aromatic carbocycles. The maximum atomic E-state index is 12.5. The maximum Gasteiger partial charge on any atom is 0.342 e. The molecule has 0 fully saturated rings. The van der Waals surface area contributed by atoms with E-state index in [9.17, 15) is 20.1 Å². The molecule has 0 heterocycles. The monoisotopic (exact) mass is 393 g/mol. The second-order valence-electron chi connectivity index (χ2n) is 6.97. The first-order chi connectivity index (χ1) is 13.8.